The minimum absolute atomic E-state index is 0.0713. The van der Waals surface area contributed by atoms with E-state index in [0.29, 0.717) is 12.0 Å². The maximum Gasteiger partial charge on any atom is 0.127 e. The van der Waals surface area contributed by atoms with Crippen LogP contribution < -0.4 is 0 Å². The lowest BCUT2D eigenvalue weighted by Crippen LogP contribution is -1.99. The second-order valence-corrected chi connectivity index (χ2v) is 5.80. The summed E-state index contributed by atoms with van der Waals surface area (Å²) in [6.07, 6.45) is 0.666. The minimum atomic E-state index is -0.177. The van der Waals surface area contributed by atoms with Crippen LogP contribution in [0.3, 0.4) is 0 Å². The lowest BCUT2D eigenvalue weighted by Gasteiger charge is -2.13. The van der Waals surface area contributed by atoms with E-state index in [1.54, 1.807) is 6.07 Å². The Hall–Kier alpha value is -0.860. The van der Waals surface area contributed by atoms with Crippen LogP contribution in [0.5, 0.6) is 0 Å². The lowest BCUT2D eigenvalue weighted by atomic mass is 10.0. The summed E-state index contributed by atoms with van der Waals surface area (Å²) < 4.78 is 13.8. The molecule has 0 nitrogen and oxygen atoms in total. The molecule has 1 atom stereocenters. The van der Waals surface area contributed by atoms with Gasteiger partial charge in [0.15, 0.2) is 0 Å². The Morgan fingerprint density at radius 2 is 1.94 bits per heavy atom. The van der Waals surface area contributed by atoms with Crippen LogP contribution in [-0.2, 0) is 6.42 Å². The fourth-order valence-electron chi connectivity index (χ4n) is 1.85. The zero-order chi connectivity index (χ0) is 13.1. The first-order valence-corrected chi connectivity index (χ1v) is 7.01. The van der Waals surface area contributed by atoms with Gasteiger partial charge in [-0.15, -0.1) is 0 Å². The molecule has 0 spiro atoms. The van der Waals surface area contributed by atoms with Gasteiger partial charge in [0.25, 0.3) is 0 Å². The van der Waals surface area contributed by atoms with Crippen molar-refractivity contribution < 1.29 is 4.39 Å². The summed E-state index contributed by atoms with van der Waals surface area (Å²) >= 11 is 9.64. The van der Waals surface area contributed by atoms with Crippen molar-refractivity contribution in [2.75, 3.05) is 0 Å². The quantitative estimate of drug-likeness (QED) is 0.656. The lowest BCUT2D eigenvalue weighted by molar-refractivity contribution is 0.607. The van der Waals surface area contributed by atoms with Gasteiger partial charge in [-0.05, 0) is 36.6 Å². The number of hydrogen-bond acceptors (Lipinski definition) is 0. The molecule has 0 saturated heterocycles. The van der Waals surface area contributed by atoms with Gasteiger partial charge in [-0.2, -0.15) is 0 Å². The van der Waals surface area contributed by atoms with Crippen molar-refractivity contribution >= 4 is 27.5 Å². The maximum absolute atomic E-state index is 13.8. The van der Waals surface area contributed by atoms with Gasteiger partial charge in [0.1, 0.15) is 5.82 Å². The molecular weight excluding hydrogens is 315 g/mol. The van der Waals surface area contributed by atoms with Gasteiger partial charge in [0.05, 0.1) is 0 Å². The Balaban J connectivity index is 2.22. The summed E-state index contributed by atoms with van der Waals surface area (Å²) in [4.78, 5) is -0.0713. The van der Waals surface area contributed by atoms with Gasteiger partial charge in [-0.3, -0.25) is 0 Å². The minimum Gasteiger partial charge on any atom is -0.207 e. The number of halogens is 3. The Bertz CT molecular complexity index is 554. The molecule has 0 aromatic heterocycles. The van der Waals surface area contributed by atoms with Crippen molar-refractivity contribution in [3.05, 3.63) is 70.0 Å². The molecule has 3 heteroatoms. The molecule has 2 aromatic rings. The van der Waals surface area contributed by atoms with E-state index in [0.717, 1.165) is 16.1 Å². The zero-order valence-electron chi connectivity index (χ0n) is 9.96. The van der Waals surface area contributed by atoms with Gasteiger partial charge in [-0.1, -0.05) is 57.9 Å². The van der Waals surface area contributed by atoms with E-state index in [9.17, 15) is 4.39 Å². The van der Waals surface area contributed by atoms with Crippen molar-refractivity contribution in [1.82, 2.24) is 0 Å². The van der Waals surface area contributed by atoms with Crippen molar-refractivity contribution in [3.8, 4) is 0 Å². The highest BCUT2D eigenvalue weighted by atomic mass is 79.9. The molecule has 0 aliphatic heterocycles. The Morgan fingerprint density at radius 3 is 2.61 bits per heavy atom. The third kappa shape index (κ3) is 3.12. The van der Waals surface area contributed by atoms with Gasteiger partial charge >= 0.3 is 0 Å². The average Bonchev–Trinajstić information content (AvgIpc) is 2.32. The van der Waals surface area contributed by atoms with E-state index < -0.39 is 0 Å². The molecule has 0 aliphatic carbocycles. The monoisotopic (exact) mass is 326 g/mol. The van der Waals surface area contributed by atoms with Crippen LogP contribution in [0.25, 0.3) is 0 Å². The molecule has 0 aliphatic rings. The predicted octanol–water partition coefficient (Wildman–Crippen LogP) is 5.47. The van der Waals surface area contributed by atoms with Crippen LogP contribution in [0, 0.1) is 12.7 Å². The van der Waals surface area contributed by atoms with E-state index >= 15 is 0 Å². The van der Waals surface area contributed by atoms with Crippen molar-refractivity contribution in [3.63, 3.8) is 0 Å². The van der Waals surface area contributed by atoms with Crippen LogP contribution >= 0.6 is 27.5 Å². The largest absolute Gasteiger partial charge is 0.207 e. The molecule has 0 radical (unpaired) electrons. The van der Waals surface area contributed by atoms with Gasteiger partial charge in [0.2, 0.25) is 0 Å². The SMILES string of the molecule is Cc1ccc(C(Br)Cc2ccccc2Cl)c(F)c1. The molecule has 18 heavy (non-hydrogen) atoms. The van der Waals surface area contributed by atoms with Crippen molar-refractivity contribution in [2.24, 2.45) is 0 Å². The fraction of sp³-hybridized carbons (Fsp3) is 0.200. The van der Waals surface area contributed by atoms with Gasteiger partial charge in [-0.25, -0.2) is 4.39 Å². The second kappa shape index (κ2) is 5.85. The zero-order valence-corrected chi connectivity index (χ0v) is 12.3. The van der Waals surface area contributed by atoms with Gasteiger partial charge < -0.3 is 0 Å². The highest BCUT2D eigenvalue weighted by molar-refractivity contribution is 9.09. The number of benzene rings is 2. The van der Waals surface area contributed by atoms with Crippen LogP contribution in [-0.4, -0.2) is 0 Å². The molecule has 0 bridgehead atoms. The Morgan fingerprint density at radius 1 is 1.22 bits per heavy atom. The first kappa shape index (κ1) is 13.6. The molecule has 2 rings (SSSR count). The topological polar surface area (TPSA) is 0 Å². The molecule has 0 N–H and O–H groups in total. The average molecular weight is 328 g/mol. The van der Waals surface area contributed by atoms with E-state index in [1.165, 1.54) is 0 Å². The molecule has 2 aromatic carbocycles. The highest BCUT2D eigenvalue weighted by Crippen LogP contribution is 2.31. The number of hydrogen-bond donors (Lipinski definition) is 0. The van der Waals surface area contributed by atoms with Crippen LogP contribution in [0.2, 0.25) is 5.02 Å². The summed E-state index contributed by atoms with van der Waals surface area (Å²) in [5.41, 5.74) is 2.61. The molecular formula is C15H13BrClF. The summed E-state index contributed by atoms with van der Waals surface area (Å²) in [5.74, 6) is -0.177. The molecule has 1 unspecified atom stereocenters. The molecule has 0 saturated carbocycles. The van der Waals surface area contributed by atoms with Crippen molar-refractivity contribution in [2.45, 2.75) is 18.2 Å². The summed E-state index contributed by atoms with van der Waals surface area (Å²) in [6, 6.07) is 12.9. The van der Waals surface area contributed by atoms with E-state index in [4.69, 9.17) is 11.6 Å². The van der Waals surface area contributed by atoms with Crippen LogP contribution in [0.4, 0.5) is 4.39 Å². The van der Waals surface area contributed by atoms with E-state index in [1.807, 2.05) is 43.3 Å². The fourth-order valence-corrected chi connectivity index (χ4v) is 2.79. The smallest absolute Gasteiger partial charge is 0.127 e. The van der Waals surface area contributed by atoms with Crippen molar-refractivity contribution in [1.29, 1.82) is 0 Å². The summed E-state index contributed by atoms with van der Waals surface area (Å²) in [6.45, 7) is 1.88. The third-order valence-electron chi connectivity index (χ3n) is 2.85. The normalized spacial score (nSPS) is 12.4. The highest BCUT2D eigenvalue weighted by Gasteiger charge is 2.14. The Labute approximate surface area is 120 Å². The molecule has 0 amide bonds. The van der Waals surface area contributed by atoms with Crippen LogP contribution in [0.15, 0.2) is 42.5 Å². The predicted molar refractivity (Wildman–Crippen MR) is 78.0 cm³/mol. The Kier molecular flexibility index (Phi) is 4.41. The number of aryl methyl sites for hydroxylation is 1. The standard InChI is InChI=1S/C15H13BrClF/c1-10-6-7-12(15(18)8-10)13(16)9-11-4-2-3-5-14(11)17/h2-8,13H,9H2,1H3. The van der Waals surface area contributed by atoms with E-state index in [-0.39, 0.29) is 10.6 Å². The molecule has 94 valence electrons. The third-order valence-corrected chi connectivity index (χ3v) is 4.04. The first-order valence-electron chi connectivity index (χ1n) is 5.71. The van der Waals surface area contributed by atoms with E-state index in [2.05, 4.69) is 15.9 Å². The number of alkyl halides is 1. The first-order chi connectivity index (χ1) is 8.58. The summed E-state index contributed by atoms with van der Waals surface area (Å²) in [7, 11) is 0. The number of rotatable bonds is 3. The molecule has 0 heterocycles. The van der Waals surface area contributed by atoms with Crippen LogP contribution in [0.1, 0.15) is 21.5 Å². The summed E-state index contributed by atoms with van der Waals surface area (Å²) in [5, 5.41) is 0.717. The molecule has 0 fully saturated rings. The second-order valence-electron chi connectivity index (χ2n) is 4.29. The van der Waals surface area contributed by atoms with Gasteiger partial charge in [0, 0.05) is 15.4 Å². The maximum atomic E-state index is 13.8.